The summed E-state index contributed by atoms with van der Waals surface area (Å²) in [6.07, 6.45) is 12.5. The van der Waals surface area contributed by atoms with E-state index in [9.17, 15) is 9.59 Å². The highest BCUT2D eigenvalue weighted by Crippen LogP contribution is 2.18. The first-order valence-electron chi connectivity index (χ1n) is 6.98. The Morgan fingerprint density at radius 1 is 0.941 bits per heavy atom. The summed E-state index contributed by atoms with van der Waals surface area (Å²) < 4.78 is 0. The lowest BCUT2D eigenvalue weighted by molar-refractivity contribution is -0.121. The van der Waals surface area contributed by atoms with E-state index in [-0.39, 0.29) is 18.0 Å². The molecular weight excluding hydrogens is 212 g/mol. The molecule has 1 saturated carbocycles. The van der Waals surface area contributed by atoms with Gasteiger partial charge >= 0.3 is 0 Å². The number of allylic oxidation sites excluding steroid dienone is 2. The zero-order valence-corrected chi connectivity index (χ0v) is 11.0. The first-order chi connectivity index (χ1) is 8.24. The summed E-state index contributed by atoms with van der Waals surface area (Å²) >= 11 is 0. The number of hydrogen-bond acceptors (Lipinski definition) is 2. The van der Waals surface area contributed by atoms with Crippen molar-refractivity contribution in [2.24, 2.45) is 0 Å². The number of hydrogen-bond donors (Lipinski definition) is 0. The molecule has 2 nitrogen and oxygen atoms in total. The zero-order valence-electron chi connectivity index (χ0n) is 11.0. The highest BCUT2D eigenvalue weighted by Gasteiger charge is 2.23. The highest BCUT2D eigenvalue weighted by atomic mass is 16.2. The summed E-state index contributed by atoms with van der Waals surface area (Å²) in [4.78, 5) is 22.4. The van der Waals surface area contributed by atoms with E-state index in [0.29, 0.717) is 6.42 Å². The molecule has 0 aromatic rings. The van der Waals surface area contributed by atoms with E-state index in [2.05, 4.69) is 6.92 Å². The number of carbonyl (C=O) groups is 2. The SMILES string of the molecule is CCCCCCCCC/C=C1\CC(=O)CC1=O. The van der Waals surface area contributed by atoms with E-state index in [1.54, 1.807) is 0 Å². The fraction of sp³-hybridized carbons (Fsp3) is 0.733. The lowest BCUT2D eigenvalue weighted by atomic mass is 10.1. The predicted molar refractivity (Wildman–Crippen MR) is 69.9 cm³/mol. The minimum Gasteiger partial charge on any atom is -0.299 e. The molecule has 1 fully saturated rings. The van der Waals surface area contributed by atoms with Crippen LogP contribution in [0.4, 0.5) is 0 Å². The number of rotatable bonds is 8. The standard InChI is InChI=1S/C15H24O2/c1-2-3-4-5-6-7-8-9-10-13-11-14(16)12-15(13)17/h10H,2-9,11-12H2,1H3/b13-10+. The smallest absolute Gasteiger partial charge is 0.166 e. The number of carbonyl (C=O) groups excluding carboxylic acids is 2. The van der Waals surface area contributed by atoms with Crippen LogP contribution < -0.4 is 0 Å². The molecule has 2 heteroatoms. The van der Waals surface area contributed by atoms with E-state index in [1.165, 1.54) is 38.5 Å². The van der Waals surface area contributed by atoms with Gasteiger partial charge in [-0.3, -0.25) is 9.59 Å². The average molecular weight is 236 g/mol. The van der Waals surface area contributed by atoms with Crippen LogP contribution in [-0.2, 0) is 9.59 Å². The molecule has 17 heavy (non-hydrogen) atoms. The van der Waals surface area contributed by atoms with Gasteiger partial charge in [0.25, 0.3) is 0 Å². The van der Waals surface area contributed by atoms with Crippen molar-refractivity contribution in [3.8, 4) is 0 Å². The average Bonchev–Trinajstić information content (AvgIpc) is 2.61. The van der Waals surface area contributed by atoms with Gasteiger partial charge in [-0.1, -0.05) is 51.5 Å². The second-order valence-electron chi connectivity index (χ2n) is 4.95. The Morgan fingerprint density at radius 2 is 1.59 bits per heavy atom. The van der Waals surface area contributed by atoms with Crippen molar-refractivity contribution in [3.63, 3.8) is 0 Å². The predicted octanol–water partition coefficient (Wildman–Crippen LogP) is 3.99. The van der Waals surface area contributed by atoms with Gasteiger partial charge in [-0.05, 0) is 18.4 Å². The highest BCUT2D eigenvalue weighted by molar-refractivity contribution is 6.16. The van der Waals surface area contributed by atoms with Crippen molar-refractivity contribution >= 4 is 11.6 Å². The summed E-state index contributed by atoms with van der Waals surface area (Å²) in [5, 5.41) is 0. The van der Waals surface area contributed by atoms with Gasteiger partial charge < -0.3 is 0 Å². The third kappa shape index (κ3) is 5.81. The van der Waals surface area contributed by atoms with Crippen LogP contribution in [0.25, 0.3) is 0 Å². The Bertz CT molecular complexity index is 289. The fourth-order valence-electron chi connectivity index (χ4n) is 2.23. The van der Waals surface area contributed by atoms with Crippen LogP contribution in [-0.4, -0.2) is 11.6 Å². The summed E-state index contributed by atoms with van der Waals surface area (Å²) in [6.45, 7) is 2.23. The second kappa shape index (κ2) is 8.21. The molecule has 1 aliphatic carbocycles. The van der Waals surface area contributed by atoms with Crippen molar-refractivity contribution in [2.45, 2.75) is 71.1 Å². The third-order valence-electron chi connectivity index (χ3n) is 3.30. The molecule has 0 atom stereocenters. The van der Waals surface area contributed by atoms with Crippen LogP contribution in [0.3, 0.4) is 0 Å². The van der Waals surface area contributed by atoms with Gasteiger partial charge in [-0.15, -0.1) is 0 Å². The van der Waals surface area contributed by atoms with Crippen molar-refractivity contribution in [1.29, 1.82) is 0 Å². The summed E-state index contributed by atoms with van der Waals surface area (Å²) in [5.74, 6) is 0.138. The lowest BCUT2D eigenvalue weighted by Crippen LogP contribution is -1.92. The van der Waals surface area contributed by atoms with Crippen molar-refractivity contribution in [1.82, 2.24) is 0 Å². The molecular formula is C15H24O2. The Balaban J connectivity index is 2.02. The lowest BCUT2D eigenvalue weighted by Gasteiger charge is -1.99. The van der Waals surface area contributed by atoms with Gasteiger partial charge in [0.05, 0.1) is 6.42 Å². The van der Waals surface area contributed by atoms with Crippen molar-refractivity contribution in [3.05, 3.63) is 11.6 Å². The van der Waals surface area contributed by atoms with E-state index in [0.717, 1.165) is 18.4 Å². The molecule has 0 radical (unpaired) electrons. The number of unbranched alkanes of at least 4 members (excludes halogenated alkanes) is 7. The molecule has 1 aliphatic rings. The van der Waals surface area contributed by atoms with E-state index in [4.69, 9.17) is 0 Å². The minimum absolute atomic E-state index is 0.0537. The molecule has 1 rings (SSSR count). The zero-order chi connectivity index (χ0) is 12.5. The fourth-order valence-corrected chi connectivity index (χ4v) is 2.23. The molecule has 0 bridgehead atoms. The molecule has 96 valence electrons. The molecule has 0 aromatic carbocycles. The normalized spacial score (nSPS) is 18.3. The molecule has 0 saturated heterocycles. The molecule has 0 heterocycles. The van der Waals surface area contributed by atoms with E-state index >= 15 is 0 Å². The van der Waals surface area contributed by atoms with Gasteiger partial charge in [0.2, 0.25) is 0 Å². The quantitative estimate of drug-likeness (QED) is 0.363. The van der Waals surface area contributed by atoms with E-state index < -0.39 is 0 Å². The van der Waals surface area contributed by atoms with Crippen molar-refractivity contribution in [2.75, 3.05) is 0 Å². The Morgan fingerprint density at radius 3 is 2.18 bits per heavy atom. The van der Waals surface area contributed by atoms with Crippen LogP contribution in [0.1, 0.15) is 71.1 Å². The molecule has 0 aromatic heterocycles. The minimum atomic E-state index is 0.0537. The number of ketones is 2. The molecule has 0 spiro atoms. The summed E-state index contributed by atoms with van der Waals surface area (Å²) in [6, 6.07) is 0. The monoisotopic (exact) mass is 236 g/mol. The molecule has 0 aliphatic heterocycles. The molecule has 0 amide bonds. The maximum Gasteiger partial charge on any atom is 0.166 e. The largest absolute Gasteiger partial charge is 0.299 e. The molecule has 0 N–H and O–H groups in total. The third-order valence-corrected chi connectivity index (χ3v) is 3.30. The topological polar surface area (TPSA) is 34.1 Å². The van der Waals surface area contributed by atoms with Crippen LogP contribution in [0, 0.1) is 0 Å². The van der Waals surface area contributed by atoms with Gasteiger partial charge in [0.15, 0.2) is 5.78 Å². The summed E-state index contributed by atoms with van der Waals surface area (Å²) in [7, 11) is 0. The first kappa shape index (κ1) is 14.1. The van der Waals surface area contributed by atoms with Crippen molar-refractivity contribution < 1.29 is 9.59 Å². The van der Waals surface area contributed by atoms with E-state index in [1.807, 2.05) is 6.08 Å². The van der Waals surface area contributed by atoms with Crippen LogP contribution >= 0.6 is 0 Å². The second-order valence-corrected chi connectivity index (χ2v) is 4.95. The Kier molecular flexibility index (Phi) is 6.83. The molecule has 0 unspecified atom stereocenters. The number of Topliss-reactive ketones (excluding diaryl/α,β-unsaturated/α-hetero) is 2. The Hall–Kier alpha value is -0.920. The summed E-state index contributed by atoms with van der Waals surface area (Å²) in [5.41, 5.74) is 0.765. The Labute approximate surface area is 104 Å². The maximum atomic E-state index is 11.3. The maximum absolute atomic E-state index is 11.3. The van der Waals surface area contributed by atoms with Gasteiger partial charge in [0, 0.05) is 6.42 Å². The first-order valence-corrected chi connectivity index (χ1v) is 6.98. The van der Waals surface area contributed by atoms with Crippen LogP contribution in [0.2, 0.25) is 0 Å². The van der Waals surface area contributed by atoms with Crippen LogP contribution in [0.15, 0.2) is 11.6 Å². The van der Waals surface area contributed by atoms with Crippen LogP contribution in [0.5, 0.6) is 0 Å². The van der Waals surface area contributed by atoms with Gasteiger partial charge in [-0.25, -0.2) is 0 Å². The van der Waals surface area contributed by atoms with Gasteiger partial charge in [-0.2, -0.15) is 0 Å². The van der Waals surface area contributed by atoms with Gasteiger partial charge in [0.1, 0.15) is 5.78 Å².